The van der Waals surface area contributed by atoms with E-state index in [4.69, 9.17) is 0 Å². The fourth-order valence-corrected chi connectivity index (χ4v) is 2.09. The summed E-state index contributed by atoms with van der Waals surface area (Å²) in [6.07, 6.45) is 3.05. The van der Waals surface area contributed by atoms with Crippen molar-refractivity contribution in [2.24, 2.45) is 0 Å². The van der Waals surface area contributed by atoms with Crippen LogP contribution in [0.4, 0.5) is 0 Å². The van der Waals surface area contributed by atoms with Gasteiger partial charge < -0.3 is 0 Å². The lowest BCUT2D eigenvalue weighted by Crippen LogP contribution is -1.93. The number of hydrogen-bond acceptors (Lipinski definition) is 3. The van der Waals surface area contributed by atoms with Crippen LogP contribution in [-0.2, 0) is 0 Å². The minimum Gasteiger partial charge on any atom is -0.225 e. The number of aromatic nitrogens is 3. The first-order valence-electron chi connectivity index (χ1n) is 6.13. The maximum atomic E-state index is 4.25. The summed E-state index contributed by atoms with van der Waals surface area (Å²) in [5.41, 5.74) is 4.53. The minimum absolute atomic E-state index is 0.706. The van der Waals surface area contributed by atoms with Crippen molar-refractivity contribution in [3.05, 3.63) is 66.7 Å². The molecule has 0 aliphatic heterocycles. The normalized spacial score (nSPS) is 10.4. The summed E-state index contributed by atoms with van der Waals surface area (Å²) >= 11 is 0. The summed E-state index contributed by atoms with van der Waals surface area (Å²) < 4.78 is 0. The zero-order valence-corrected chi connectivity index (χ0v) is 10.6. The van der Waals surface area contributed by atoms with Gasteiger partial charge in [0.05, 0.1) is 0 Å². The van der Waals surface area contributed by atoms with Gasteiger partial charge in [-0.3, -0.25) is 0 Å². The molecule has 0 aliphatic carbocycles. The topological polar surface area (TPSA) is 38.7 Å². The van der Waals surface area contributed by atoms with Crippen LogP contribution in [0, 0.1) is 6.92 Å². The Labute approximate surface area is 112 Å². The van der Waals surface area contributed by atoms with Crippen molar-refractivity contribution >= 4 is 0 Å². The van der Waals surface area contributed by atoms with E-state index >= 15 is 0 Å². The second-order valence-electron chi connectivity index (χ2n) is 4.38. The van der Waals surface area contributed by atoms with Gasteiger partial charge in [-0.2, -0.15) is 0 Å². The fraction of sp³-hybridized carbons (Fsp3) is 0.0625. The van der Waals surface area contributed by atoms with Crippen molar-refractivity contribution in [2.75, 3.05) is 0 Å². The van der Waals surface area contributed by atoms with E-state index in [1.54, 1.807) is 0 Å². The molecular formula is C16H13N3. The molecule has 0 saturated heterocycles. The molecule has 3 rings (SSSR count). The highest BCUT2D eigenvalue weighted by atomic mass is 15.0. The van der Waals surface area contributed by atoms with E-state index in [0.717, 1.165) is 16.7 Å². The quantitative estimate of drug-likeness (QED) is 0.695. The van der Waals surface area contributed by atoms with Gasteiger partial charge in [-0.05, 0) is 24.1 Å². The van der Waals surface area contributed by atoms with Crippen molar-refractivity contribution in [1.82, 2.24) is 15.0 Å². The lowest BCUT2D eigenvalue weighted by Gasteiger charge is -2.09. The molecule has 1 aromatic heterocycles. The maximum absolute atomic E-state index is 4.25. The minimum atomic E-state index is 0.706. The monoisotopic (exact) mass is 247 g/mol. The number of hydrogen-bond donors (Lipinski definition) is 0. The van der Waals surface area contributed by atoms with E-state index in [9.17, 15) is 0 Å². The predicted octanol–water partition coefficient (Wildman–Crippen LogP) is 3.51. The van der Waals surface area contributed by atoms with Gasteiger partial charge in [0.2, 0.25) is 0 Å². The number of aryl methyl sites for hydroxylation is 1. The molecule has 1 heterocycles. The summed E-state index contributed by atoms with van der Waals surface area (Å²) in [4.78, 5) is 12.4. The average molecular weight is 247 g/mol. The molecular weight excluding hydrogens is 234 g/mol. The summed E-state index contributed by atoms with van der Waals surface area (Å²) in [5.74, 6) is 0.706. The Hall–Kier alpha value is -2.55. The van der Waals surface area contributed by atoms with Crippen molar-refractivity contribution in [2.45, 2.75) is 6.92 Å². The third-order valence-corrected chi connectivity index (χ3v) is 2.99. The Morgan fingerprint density at radius 3 is 2.26 bits per heavy atom. The van der Waals surface area contributed by atoms with E-state index in [2.05, 4.69) is 52.2 Å². The molecule has 0 bridgehead atoms. The van der Waals surface area contributed by atoms with Crippen LogP contribution < -0.4 is 0 Å². The van der Waals surface area contributed by atoms with E-state index in [-0.39, 0.29) is 0 Å². The molecule has 0 aliphatic rings. The predicted molar refractivity (Wildman–Crippen MR) is 75.4 cm³/mol. The van der Waals surface area contributed by atoms with Crippen LogP contribution >= 0.6 is 0 Å². The third kappa shape index (κ3) is 2.36. The smallest absolute Gasteiger partial charge is 0.163 e. The lowest BCUT2D eigenvalue weighted by molar-refractivity contribution is 1.06. The second-order valence-corrected chi connectivity index (χ2v) is 4.38. The summed E-state index contributed by atoms with van der Waals surface area (Å²) in [6, 6.07) is 16.6. The van der Waals surface area contributed by atoms with E-state index in [0.29, 0.717) is 5.82 Å². The first kappa shape index (κ1) is 11.5. The van der Waals surface area contributed by atoms with Gasteiger partial charge in [0.25, 0.3) is 0 Å². The van der Waals surface area contributed by atoms with Crippen molar-refractivity contribution in [1.29, 1.82) is 0 Å². The number of benzene rings is 2. The van der Waals surface area contributed by atoms with Crippen molar-refractivity contribution < 1.29 is 0 Å². The Morgan fingerprint density at radius 2 is 1.53 bits per heavy atom. The molecule has 0 saturated carbocycles. The van der Waals surface area contributed by atoms with Gasteiger partial charge in [-0.25, -0.2) is 15.0 Å². The molecule has 2 aromatic carbocycles. The third-order valence-electron chi connectivity index (χ3n) is 2.99. The van der Waals surface area contributed by atoms with Gasteiger partial charge in [0.1, 0.15) is 12.7 Å². The standard InChI is InChI=1S/C16H13N3/c1-12-7-8-14(13-5-3-2-4-6-13)15(9-12)16-18-10-17-11-19-16/h2-11H,1H3. The summed E-state index contributed by atoms with van der Waals surface area (Å²) in [5, 5.41) is 0. The maximum Gasteiger partial charge on any atom is 0.163 e. The molecule has 0 fully saturated rings. The highest BCUT2D eigenvalue weighted by Crippen LogP contribution is 2.30. The molecule has 92 valence electrons. The van der Waals surface area contributed by atoms with Gasteiger partial charge in [-0.1, -0.05) is 48.0 Å². The molecule has 0 N–H and O–H groups in total. The summed E-state index contributed by atoms with van der Waals surface area (Å²) in [7, 11) is 0. The Balaban J connectivity index is 2.21. The second kappa shape index (κ2) is 4.98. The SMILES string of the molecule is Cc1ccc(-c2ccccc2)c(-c2ncncn2)c1. The zero-order chi connectivity index (χ0) is 13.1. The first-order chi connectivity index (χ1) is 9.34. The van der Waals surface area contributed by atoms with Gasteiger partial charge in [-0.15, -0.1) is 0 Å². The average Bonchev–Trinajstić information content (AvgIpc) is 2.49. The van der Waals surface area contributed by atoms with E-state index in [1.807, 2.05) is 18.2 Å². The van der Waals surface area contributed by atoms with E-state index in [1.165, 1.54) is 18.2 Å². The van der Waals surface area contributed by atoms with Crippen LogP contribution in [0.3, 0.4) is 0 Å². The Bertz CT molecular complexity index is 679. The molecule has 0 amide bonds. The van der Waals surface area contributed by atoms with Crippen molar-refractivity contribution in [3.63, 3.8) is 0 Å². The number of nitrogens with zero attached hydrogens (tertiary/aromatic N) is 3. The van der Waals surface area contributed by atoms with Crippen LogP contribution in [-0.4, -0.2) is 15.0 Å². The van der Waals surface area contributed by atoms with Gasteiger partial charge in [0, 0.05) is 5.56 Å². The fourth-order valence-electron chi connectivity index (χ4n) is 2.09. The number of rotatable bonds is 2. The van der Waals surface area contributed by atoms with Gasteiger partial charge in [0.15, 0.2) is 5.82 Å². The highest BCUT2D eigenvalue weighted by Gasteiger charge is 2.09. The van der Waals surface area contributed by atoms with Crippen LogP contribution in [0.5, 0.6) is 0 Å². The molecule has 0 atom stereocenters. The zero-order valence-electron chi connectivity index (χ0n) is 10.6. The molecule has 3 nitrogen and oxygen atoms in total. The van der Waals surface area contributed by atoms with Crippen LogP contribution in [0.2, 0.25) is 0 Å². The lowest BCUT2D eigenvalue weighted by atomic mass is 9.97. The molecule has 19 heavy (non-hydrogen) atoms. The Kier molecular flexibility index (Phi) is 3.02. The highest BCUT2D eigenvalue weighted by molar-refractivity contribution is 5.80. The van der Waals surface area contributed by atoms with Crippen LogP contribution in [0.15, 0.2) is 61.2 Å². The summed E-state index contributed by atoms with van der Waals surface area (Å²) in [6.45, 7) is 2.07. The van der Waals surface area contributed by atoms with Gasteiger partial charge >= 0.3 is 0 Å². The molecule has 0 unspecified atom stereocenters. The van der Waals surface area contributed by atoms with E-state index < -0.39 is 0 Å². The van der Waals surface area contributed by atoms with Crippen molar-refractivity contribution in [3.8, 4) is 22.5 Å². The molecule has 3 aromatic rings. The largest absolute Gasteiger partial charge is 0.225 e. The molecule has 3 heteroatoms. The first-order valence-corrected chi connectivity index (χ1v) is 6.13. The molecule has 0 spiro atoms. The molecule has 0 radical (unpaired) electrons. The van der Waals surface area contributed by atoms with Crippen LogP contribution in [0.25, 0.3) is 22.5 Å². The Morgan fingerprint density at radius 1 is 0.789 bits per heavy atom. The van der Waals surface area contributed by atoms with Crippen LogP contribution in [0.1, 0.15) is 5.56 Å².